The van der Waals surface area contributed by atoms with Crippen LogP contribution < -0.4 is 0 Å². The number of hydrogen-bond donors (Lipinski definition) is 1. The van der Waals surface area contributed by atoms with Gasteiger partial charge < -0.3 is 5.11 Å². The van der Waals surface area contributed by atoms with E-state index in [-0.39, 0.29) is 21.3 Å². The van der Waals surface area contributed by atoms with E-state index in [0.29, 0.717) is 4.34 Å². The highest BCUT2D eigenvalue weighted by Crippen LogP contribution is 2.40. The molecule has 20 heavy (non-hydrogen) atoms. The molecule has 0 saturated carbocycles. The van der Waals surface area contributed by atoms with E-state index in [1.165, 1.54) is 23.9 Å². The summed E-state index contributed by atoms with van der Waals surface area (Å²) in [6, 6.07) is 1.89. The van der Waals surface area contributed by atoms with Gasteiger partial charge in [-0.25, -0.2) is 8.42 Å². The summed E-state index contributed by atoms with van der Waals surface area (Å²) in [5.41, 5.74) is 0. The summed E-state index contributed by atoms with van der Waals surface area (Å²) in [4.78, 5) is 11.3. The summed E-state index contributed by atoms with van der Waals surface area (Å²) >= 11 is 8.09. The SMILES string of the molecule is CC(C)C1SCC(C(=O)O)N1S(=O)(=O)c1ccc(Cl)s1. The maximum absolute atomic E-state index is 12.7. The third-order valence-electron chi connectivity index (χ3n) is 2.92. The Morgan fingerprint density at radius 1 is 1.50 bits per heavy atom. The standard InChI is InChI=1S/C11H14ClNO4S3/c1-6(2)10-13(7(5-18-10)11(14)15)20(16,17)9-4-3-8(12)19-9/h3-4,6-7,10H,5H2,1-2H3,(H,14,15). The van der Waals surface area contributed by atoms with Gasteiger partial charge in [0.25, 0.3) is 10.0 Å². The van der Waals surface area contributed by atoms with Crippen molar-refractivity contribution in [1.29, 1.82) is 0 Å². The summed E-state index contributed by atoms with van der Waals surface area (Å²) in [5, 5.41) is 8.88. The van der Waals surface area contributed by atoms with Crippen LogP contribution in [0, 0.1) is 5.92 Å². The lowest BCUT2D eigenvalue weighted by Crippen LogP contribution is -2.46. The predicted molar refractivity (Wildman–Crippen MR) is 80.9 cm³/mol. The molecule has 5 nitrogen and oxygen atoms in total. The lowest BCUT2D eigenvalue weighted by atomic mass is 10.2. The molecule has 0 amide bonds. The zero-order valence-electron chi connectivity index (χ0n) is 10.8. The molecule has 1 aromatic rings. The molecule has 112 valence electrons. The van der Waals surface area contributed by atoms with Crippen LogP contribution in [0.25, 0.3) is 0 Å². The molecule has 2 unspecified atom stereocenters. The third-order valence-corrected chi connectivity index (χ3v) is 8.26. The van der Waals surface area contributed by atoms with Gasteiger partial charge in [-0.2, -0.15) is 4.31 Å². The zero-order valence-corrected chi connectivity index (χ0v) is 14.0. The fourth-order valence-electron chi connectivity index (χ4n) is 2.02. The smallest absolute Gasteiger partial charge is 0.322 e. The second kappa shape index (κ2) is 5.84. The molecule has 0 aliphatic carbocycles. The number of hydrogen-bond acceptors (Lipinski definition) is 5. The lowest BCUT2D eigenvalue weighted by molar-refractivity contribution is -0.140. The van der Waals surface area contributed by atoms with Crippen molar-refractivity contribution >= 4 is 50.7 Å². The van der Waals surface area contributed by atoms with E-state index in [9.17, 15) is 18.3 Å². The largest absolute Gasteiger partial charge is 0.480 e. The number of thioether (sulfide) groups is 1. The fraction of sp³-hybridized carbons (Fsp3) is 0.545. The number of carbonyl (C=O) groups is 1. The maximum atomic E-state index is 12.7. The van der Waals surface area contributed by atoms with Gasteiger partial charge in [0.05, 0.1) is 9.71 Å². The number of carboxylic acids is 1. The molecule has 1 aliphatic rings. The first kappa shape index (κ1) is 16.1. The Balaban J connectivity index is 2.46. The lowest BCUT2D eigenvalue weighted by Gasteiger charge is -2.28. The van der Waals surface area contributed by atoms with Gasteiger partial charge in [0.15, 0.2) is 0 Å². The van der Waals surface area contributed by atoms with E-state index in [1.54, 1.807) is 0 Å². The van der Waals surface area contributed by atoms with Crippen molar-refractivity contribution in [2.24, 2.45) is 5.92 Å². The minimum Gasteiger partial charge on any atom is -0.480 e. The van der Waals surface area contributed by atoms with Gasteiger partial charge in [0.2, 0.25) is 0 Å². The highest BCUT2D eigenvalue weighted by Gasteiger charge is 2.47. The Kier molecular flexibility index (Phi) is 4.70. The molecular weight excluding hydrogens is 342 g/mol. The van der Waals surface area contributed by atoms with Crippen LogP contribution in [0.5, 0.6) is 0 Å². The molecule has 0 spiro atoms. The summed E-state index contributed by atoms with van der Waals surface area (Å²) in [7, 11) is -3.84. The van der Waals surface area contributed by atoms with Crippen molar-refractivity contribution in [2.45, 2.75) is 29.5 Å². The Morgan fingerprint density at radius 2 is 2.15 bits per heavy atom. The van der Waals surface area contributed by atoms with E-state index in [1.807, 2.05) is 13.8 Å². The quantitative estimate of drug-likeness (QED) is 0.898. The van der Waals surface area contributed by atoms with E-state index in [0.717, 1.165) is 15.6 Å². The van der Waals surface area contributed by atoms with Crippen LogP contribution in [-0.4, -0.2) is 41.0 Å². The molecule has 1 aliphatic heterocycles. The molecule has 2 heterocycles. The van der Waals surface area contributed by atoms with Crippen molar-refractivity contribution in [3.8, 4) is 0 Å². The second-order valence-corrected chi connectivity index (χ2v) is 9.65. The maximum Gasteiger partial charge on any atom is 0.322 e. The minimum atomic E-state index is -3.84. The number of sulfonamides is 1. The molecule has 9 heteroatoms. The molecule has 1 N–H and O–H groups in total. The number of thiophene rings is 1. The van der Waals surface area contributed by atoms with Gasteiger partial charge in [-0.05, 0) is 18.1 Å². The molecule has 0 bridgehead atoms. The van der Waals surface area contributed by atoms with Crippen molar-refractivity contribution in [3.63, 3.8) is 0 Å². The summed E-state index contributed by atoms with van der Waals surface area (Å²) in [5.74, 6) is -0.835. The number of aliphatic carboxylic acids is 1. The van der Waals surface area contributed by atoms with E-state index >= 15 is 0 Å². The second-order valence-electron chi connectivity index (χ2n) is 4.72. The summed E-state index contributed by atoms with van der Waals surface area (Å²) < 4.78 is 26.9. The van der Waals surface area contributed by atoms with Gasteiger partial charge in [-0.3, -0.25) is 4.79 Å². The third kappa shape index (κ3) is 2.85. The minimum absolute atomic E-state index is 0.0227. The van der Waals surface area contributed by atoms with Crippen LogP contribution in [0.4, 0.5) is 0 Å². The predicted octanol–water partition coefficient (Wildman–Crippen LogP) is 2.57. The van der Waals surface area contributed by atoms with E-state index in [2.05, 4.69) is 0 Å². The molecule has 0 radical (unpaired) electrons. The van der Waals surface area contributed by atoms with Crippen LogP contribution in [0.2, 0.25) is 4.34 Å². The Bertz CT molecular complexity index is 613. The van der Waals surface area contributed by atoms with Gasteiger partial charge >= 0.3 is 5.97 Å². The molecular formula is C11H14ClNO4S3. The summed E-state index contributed by atoms with van der Waals surface area (Å²) in [6.45, 7) is 3.76. The first-order valence-corrected chi connectivity index (χ1v) is 9.56. The molecule has 2 rings (SSSR count). The topological polar surface area (TPSA) is 74.7 Å². The summed E-state index contributed by atoms with van der Waals surface area (Å²) in [6.07, 6.45) is 0. The van der Waals surface area contributed by atoms with Crippen LogP contribution in [0.3, 0.4) is 0 Å². The molecule has 1 aromatic heterocycles. The van der Waals surface area contributed by atoms with Crippen molar-refractivity contribution in [3.05, 3.63) is 16.5 Å². The number of rotatable bonds is 4. The van der Waals surface area contributed by atoms with Gasteiger partial charge in [-0.1, -0.05) is 25.4 Å². The van der Waals surface area contributed by atoms with Gasteiger partial charge in [-0.15, -0.1) is 23.1 Å². The van der Waals surface area contributed by atoms with Crippen LogP contribution >= 0.6 is 34.7 Å². The van der Waals surface area contributed by atoms with Crippen molar-refractivity contribution in [1.82, 2.24) is 4.31 Å². The average Bonchev–Trinajstić information content (AvgIpc) is 2.94. The van der Waals surface area contributed by atoms with Crippen LogP contribution in [0.15, 0.2) is 16.3 Å². The highest BCUT2D eigenvalue weighted by molar-refractivity contribution is 8.01. The number of carboxylic acid groups (broad SMARTS) is 1. The van der Waals surface area contributed by atoms with E-state index < -0.39 is 22.0 Å². The molecule has 1 saturated heterocycles. The number of halogens is 1. The van der Waals surface area contributed by atoms with Gasteiger partial charge in [0.1, 0.15) is 10.3 Å². The fourth-order valence-corrected chi connectivity index (χ4v) is 7.33. The average molecular weight is 356 g/mol. The van der Waals surface area contributed by atoms with Crippen LogP contribution in [-0.2, 0) is 14.8 Å². The first-order chi connectivity index (χ1) is 9.25. The Hall–Kier alpha value is -0.280. The normalized spacial score (nSPS) is 24.4. The molecule has 0 aromatic carbocycles. The van der Waals surface area contributed by atoms with Gasteiger partial charge in [0, 0.05) is 5.75 Å². The van der Waals surface area contributed by atoms with Crippen molar-refractivity contribution in [2.75, 3.05) is 5.75 Å². The zero-order chi connectivity index (χ0) is 15.1. The molecule has 2 atom stereocenters. The van der Waals surface area contributed by atoms with Crippen LogP contribution in [0.1, 0.15) is 13.8 Å². The Labute approximate surface area is 131 Å². The highest BCUT2D eigenvalue weighted by atomic mass is 35.5. The number of nitrogens with zero attached hydrogens (tertiary/aromatic N) is 1. The Morgan fingerprint density at radius 3 is 2.60 bits per heavy atom. The van der Waals surface area contributed by atoms with Crippen molar-refractivity contribution < 1.29 is 18.3 Å². The van der Waals surface area contributed by atoms with E-state index in [4.69, 9.17) is 11.6 Å². The first-order valence-electron chi connectivity index (χ1n) is 5.88. The molecule has 1 fully saturated rings. The monoisotopic (exact) mass is 355 g/mol.